The molecule has 2 heterocycles. The number of halogens is 1. The Morgan fingerprint density at radius 1 is 1.42 bits per heavy atom. The second kappa shape index (κ2) is 7.36. The molecule has 24 heavy (non-hydrogen) atoms. The molecule has 3 rings (SSSR count). The van der Waals surface area contributed by atoms with Gasteiger partial charge in [0.25, 0.3) is 5.91 Å². The number of benzene rings is 1. The number of hydrogen-bond donors (Lipinski definition) is 1. The third-order valence-corrected chi connectivity index (χ3v) is 4.91. The van der Waals surface area contributed by atoms with E-state index in [1.165, 1.54) is 0 Å². The highest BCUT2D eigenvalue weighted by molar-refractivity contribution is 6.31. The molecule has 128 valence electrons. The van der Waals surface area contributed by atoms with E-state index >= 15 is 0 Å². The largest absolute Gasteiger partial charge is 0.347 e. The van der Waals surface area contributed by atoms with Crippen molar-refractivity contribution in [2.75, 3.05) is 13.1 Å². The molecule has 0 aliphatic carbocycles. The number of aromatic nitrogens is 2. The number of carbonyl (C=O) groups excluding carboxylic acids is 1. The molecule has 1 saturated heterocycles. The van der Waals surface area contributed by atoms with Gasteiger partial charge in [0.1, 0.15) is 5.69 Å². The van der Waals surface area contributed by atoms with Crippen molar-refractivity contribution >= 4 is 17.5 Å². The Morgan fingerprint density at radius 3 is 2.92 bits per heavy atom. The number of rotatable bonds is 4. The summed E-state index contributed by atoms with van der Waals surface area (Å²) >= 11 is 6.25. The first kappa shape index (κ1) is 17.0. The van der Waals surface area contributed by atoms with E-state index < -0.39 is 0 Å². The Morgan fingerprint density at radius 2 is 2.21 bits per heavy atom. The molecule has 0 saturated carbocycles. The van der Waals surface area contributed by atoms with Crippen LogP contribution in [-0.2, 0) is 13.6 Å². The van der Waals surface area contributed by atoms with Crippen molar-refractivity contribution in [1.29, 1.82) is 0 Å². The molecule has 1 aliphatic rings. The first-order chi connectivity index (χ1) is 11.5. The monoisotopic (exact) mass is 346 g/mol. The summed E-state index contributed by atoms with van der Waals surface area (Å²) in [4.78, 5) is 14.7. The van der Waals surface area contributed by atoms with Gasteiger partial charge in [-0.1, -0.05) is 29.8 Å². The van der Waals surface area contributed by atoms with Gasteiger partial charge >= 0.3 is 0 Å². The van der Waals surface area contributed by atoms with Gasteiger partial charge in [-0.25, -0.2) is 0 Å². The first-order valence-electron chi connectivity index (χ1n) is 8.30. The van der Waals surface area contributed by atoms with Crippen molar-refractivity contribution < 1.29 is 4.79 Å². The van der Waals surface area contributed by atoms with Crippen molar-refractivity contribution in [3.63, 3.8) is 0 Å². The SMILES string of the molecule is Cc1cc(C(=O)NC2CCCN(Cc3ccccc3Cl)C2)nn1C. The van der Waals surface area contributed by atoms with Gasteiger partial charge in [-0.15, -0.1) is 0 Å². The Hall–Kier alpha value is -1.85. The fourth-order valence-electron chi connectivity index (χ4n) is 3.12. The smallest absolute Gasteiger partial charge is 0.272 e. The number of hydrogen-bond acceptors (Lipinski definition) is 3. The van der Waals surface area contributed by atoms with Crippen LogP contribution < -0.4 is 5.32 Å². The third-order valence-electron chi connectivity index (χ3n) is 4.54. The maximum absolute atomic E-state index is 12.4. The van der Waals surface area contributed by atoms with Gasteiger partial charge in [0.15, 0.2) is 0 Å². The standard InChI is InChI=1S/C18H23ClN4O/c1-13-10-17(21-22(13)2)18(24)20-15-7-5-9-23(12-15)11-14-6-3-4-8-16(14)19/h3-4,6,8,10,15H,5,7,9,11-12H2,1-2H3,(H,20,24). The Balaban J connectivity index is 1.59. The molecule has 0 radical (unpaired) electrons. The second-order valence-electron chi connectivity index (χ2n) is 6.43. The minimum atomic E-state index is -0.0942. The molecule has 1 aliphatic heterocycles. The average molecular weight is 347 g/mol. The summed E-state index contributed by atoms with van der Waals surface area (Å²) in [5.41, 5.74) is 2.59. The lowest BCUT2D eigenvalue weighted by Crippen LogP contribution is -2.47. The van der Waals surface area contributed by atoms with Gasteiger partial charge in [-0.2, -0.15) is 5.10 Å². The molecule has 0 bridgehead atoms. The summed E-state index contributed by atoms with van der Waals surface area (Å²) in [5.74, 6) is -0.0942. The van der Waals surface area contributed by atoms with Crippen LogP contribution in [0.5, 0.6) is 0 Å². The predicted molar refractivity (Wildman–Crippen MR) is 95.2 cm³/mol. The number of amides is 1. The predicted octanol–water partition coefficient (Wildman–Crippen LogP) is 2.78. The Bertz CT molecular complexity index is 708. The highest BCUT2D eigenvalue weighted by Crippen LogP contribution is 2.20. The van der Waals surface area contributed by atoms with Crippen LogP contribution in [0, 0.1) is 6.92 Å². The van der Waals surface area contributed by atoms with E-state index in [1.807, 2.05) is 38.2 Å². The molecule has 0 spiro atoms. The zero-order valence-electron chi connectivity index (χ0n) is 14.1. The molecule has 1 N–H and O–H groups in total. The molecular formula is C18H23ClN4O. The van der Waals surface area contributed by atoms with Gasteiger partial charge in [0, 0.05) is 36.9 Å². The number of nitrogens with zero attached hydrogens (tertiary/aromatic N) is 3. The number of carbonyl (C=O) groups is 1. The van der Waals surface area contributed by atoms with Crippen LogP contribution in [-0.4, -0.2) is 39.7 Å². The molecule has 1 unspecified atom stereocenters. The fraction of sp³-hybridized carbons (Fsp3) is 0.444. The summed E-state index contributed by atoms with van der Waals surface area (Å²) in [6.45, 7) is 4.62. The quantitative estimate of drug-likeness (QED) is 0.926. The number of aryl methyl sites for hydroxylation is 2. The van der Waals surface area contributed by atoms with Gasteiger partial charge in [0.05, 0.1) is 0 Å². The van der Waals surface area contributed by atoms with Crippen molar-refractivity contribution in [3.8, 4) is 0 Å². The van der Waals surface area contributed by atoms with E-state index in [-0.39, 0.29) is 11.9 Å². The third kappa shape index (κ3) is 3.97. The summed E-state index contributed by atoms with van der Waals surface area (Å²) in [6.07, 6.45) is 2.06. The van der Waals surface area contributed by atoms with E-state index in [2.05, 4.69) is 21.4 Å². The van der Waals surface area contributed by atoms with E-state index in [0.29, 0.717) is 5.69 Å². The van der Waals surface area contributed by atoms with Crippen LogP contribution >= 0.6 is 11.6 Å². The lowest BCUT2D eigenvalue weighted by molar-refractivity contribution is 0.0895. The van der Waals surface area contributed by atoms with Crippen molar-refractivity contribution in [2.24, 2.45) is 7.05 Å². The number of piperidine rings is 1. The Labute approximate surface area is 147 Å². The van der Waals surface area contributed by atoms with Gasteiger partial charge in [-0.3, -0.25) is 14.4 Å². The van der Waals surface area contributed by atoms with Crippen LogP contribution in [0.1, 0.15) is 34.6 Å². The van der Waals surface area contributed by atoms with Gasteiger partial charge in [0.2, 0.25) is 0 Å². The average Bonchev–Trinajstić information content (AvgIpc) is 2.90. The Kier molecular flexibility index (Phi) is 5.21. The molecule has 1 atom stereocenters. The van der Waals surface area contributed by atoms with Crippen molar-refractivity contribution in [1.82, 2.24) is 20.0 Å². The van der Waals surface area contributed by atoms with Gasteiger partial charge < -0.3 is 5.32 Å². The highest BCUT2D eigenvalue weighted by Gasteiger charge is 2.23. The van der Waals surface area contributed by atoms with Gasteiger partial charge in [-0.05, 0) is 44.0 Å². The maximum atomic E-state index is 12.4. The molecule has 1 amide bonds. The van der Waals surface area contributed by atoms with Crippen LogP contribution in [0.2, 0.25) is 5.02 Å². The van der Waals surface area contributed by atoms with E-state index in [0.717, 1.165) is 48.8 Å². The molecule has 2 aromatic rings. The van der Waals surface area contributed by atoms with E-state index in [4.69, 9.17) is 11.6 Å². The number of nitrogens with one attached hydrogen (secondary N) is 1. The van der Waals surface area contributed by atoms with Crippen LogP contribution in [0.25, 0.3) is 0 Å². The second-order valence-corrected chi connectivity index (χ2v) is 6.84. The minimum Gasteiger partial charge on any atom is -0.347 e. The van der Waals surface area contributed by atoms with E-state index in [1.54, 1.807) is 4.68 Å². The minimum absolute atomic E-state index is 0.0942. The van der Waals surface area contributed by atoms with Crippen molar-refractivity contribution in [3.05, 3.63) is 52.3 Å². The summed E-state index contributed by atoms with van der Waals surface area (Å²) in [6, 6.07) is 9.90. The molecule has 1 fully saturated rings. The zero-order chi connectivity index (χ0) is 17.1. The van der Waals surface area contributed by atoms with E-state index in [9.17, 15) is 4.79 Å². The molecule has 6 heteroatoms. The molecular weight excluding hydrogens is 324 g/mol. The summed E-state index contributed by atoms with van der Waals surface area (Å²) < 4.78 is 1.72. The lowest BCUT2D eigenvalue weighted by atomic mass is 10.0. The fourth-order valence-corrected chi connectivity index (χ4v) is 3.31. The first-order valence-corrected chi connectivity index (χ1v) is 8.68. The van der Waals surface area contributed by atoms with Crippen LogP contribution in [0.4, 0.5) is 0 Å². The number of likely N-dealkylation sites (tertiary alicyclic amines) is 1. The van der Waals surface area contributed by atoms with Crippen LogP contribution in [0.3, 0.4) is 0 Å². The van der Waals surface area contributed by atoms with Crippen molar-refractivity contribution in [2.45, 2.75) is 32.4 Å². The highest BCUT2D eigenvalue weighted by atomic mass is 35.5. The lowest BCUT2D eigenvalue weighted by Gasteiger charge is -2.33. The molecule has 1 aromatic carbocycles. The molecule has 5 nitrogen and oxygen atoms in total. The summed E-state index contributed by atoms with van der Waals surface area (Å²) in [5, 5.41) is 8.16. The maximum Gasteiger partial charge on any atom is 0.272 e. The molecule has 1 aromatic heterocycles. The summed E-state index contributed by atoms with van der Waals surface area (Å²) in [7, 11) is 1.85. The normalized spacial score (nSPS) is 18.5. The topological polar surface area (TPSA) is 50.2 Å². The zero-order valence-corrected chi connectivity index (χ0v) is 14.9. The van der Waals surface area contributed by atoms with Crippen LogP contribution in [0.15, 0.2) is 30.3 Å².